The molecule has 33 heavy (non-hydrogen) atoms. The number of ketones is 1. The molecule has 0 radical (unpaired) electrons. The van der Waals surface area contributed by atoms with Crippen LogP contribution in [-0.2, 0) is 25.5 Å². The number of aryl methyl sites for hydroxylation is 1. The fraction of sp³-hybridized carbons (Fsp3) is 0.542. The van der Waals surface area contributed by atoms with Crippen molar-refractivity contribution in [1.82, 2.24) is 10.3 Å². The standard InChI is InChI=1S/C24H31N3O4S2/c1-15(2)20-22(29)31-18(8-4-5-12-32)13-17(28)11-10-16-7-6-9-19(25-16)21-27-24(3,14-33-21)23(30)26-20/h4,6-9,15,18,20,32H,5,10-14H2,1-3H3,(H,26,30)/b8-4+/t18?,20?,24-/m0/s1. The van der Waals surface area contributed by atoms with Gasteiger partial charge in [0.15, 0.2) is 0 Å². The molecule has 7 nitrogen and oxygen atoms in total. The zero-order valence-electron chi connectivity index (χ0n) is 19.2. The second-order valence-electron chi connectivity index (χ2n) is 8.85. The molecule has 178 valence electrons. The van der Waals surface area contributed by atoms with Gasteiger partial charge in [0.1, 0.15) is 28.5 Å². The highest BCUT2D eigenvalue weighted by Gasteiger charge is 2.41. The average molecular weight is 490 g/mol. The van der Waals surface area contributed by atoms with Crippen molar-refractivity contribution in [3.63, 3.8) is 0 Å². The summed E-state index contributed by atoms with van der Waals surface area (Å²) in [5.74, 6) is 0.00134. The van der Waals surface area contributed by atoms with Gasteiger partial charge in [0.05, 0.1) is 5.69 Å². The molecule has 1 amide bonds. The summed E-state index contributed by atoms with van der Waals surface area (Å²) in [6.45, 7) is 5.45. The Kier molecular flexibility index (Phi) is 8.75. The van der Waals surface area contributed by atoms with E-state index in [4.69, 9.17) is 4.74 Å². The van der Waals surface area contributed by atoms with Crippen LogP contribution in [0.15, 0.2) is 35.3 Å². The van der Waals surface area contributed by atoms with Gasteiger partial charge in [-0.3, -0.25) is 19.6 Å². The van der Waals surface area contributed by atoms with E-state index in [1.165, 1.54) is 11.8 Å². The maximum atomic E-state index is 13.2. The number of amides is 1. The van der Waals surface area contributed by atoms with E-state index in [9.17, 15) is 14.4 Å². The number of hydrogen-bond acceptors (Lipinski definition) is 8. The van der Waals surface area contributed by atoms with Gasteiger partial charge in [-0.1, -0.05) is 26.0 Å². The van der Waals surface area contributed by atoms with Crippen LogP contribution in [0.2, 0.25) is 0 Å². The van der Waals surface area contributed by atoms with E-state index in [-0.39, 0.29) is 24.0 Å². The summed E-state index contributed by atoms with van der Waals surface area (Å²) in [5, 5.41) is 3.53. The molecular weight excluding hydrogens is 458 g/mol. The van der Waals surface area contributed by atoms with Crippen molar-refractivity contribution in [3.05, 3.63) is 41.7 Å². The third-order valence-corrected chi connectivity index (χ3v) is 7.10. The first-order valence-electron chi connectivity index (χ1n) is 11.2. The summed E-state index contributed by atoms with van der Waals surface area (Å²) in [7, 11) is 0. The molecule has 2 unspecified atom stereocenters. The Morgan fingerprint density at radius 3 is 2.82 bits per heavy atom. The molecule has 3 atom stereocenters. The van der Waals surface area contributed by atoms with Gasteiger partial charge in [0.2, 0.25) is 5.91 Å². The molecule has 0 spiro atoms. The van der Waals surface area contributed by atoms with E-state index in [1.807, 2.05) is 38.1 Å². The molecule has 0 aromatic carbocycles. The molecule has 3 rings (SSSR count). The Balaban J connectivity index is 1.95. The molecule has 3 heterocycles. The van der Waals surface area contributed by atoms with E-state index >= 15 is 0 Å². The Hall–Kier alpha value is -2.13. The minimum atomic E-state index is -1.01. The van der Waals surface area contributed by atoms with Crippen LogP contribution in [0, 0.1) is 5.92 Å². The first-order valence-corrected chi connectivity index (χ1v) is 12.8. The minimum absolute atomic E-state index is 0.0205. The number of cyclic esters (lactones) is 1. The monoisotopic (exact) mass is 489 g/mol. The van der Waals surface area contributed by atoms with Crippen molar-refractivity contribution in [2.45, 2.75) is 64.1 Å². The maximum absolute atomic E-state index is 13.2. The van der Waals surface area contributed by atoms with Gasteiger partial charge < -0.3 is 10.1 Å². The highest BCUT2D eigenvalue weighted by Crippen LogP contribution is 2.31. The van der Waals surface area contributed by atoms with Crippen LogP contribution in [-0.4, -0.2) is 56.9 Å². The number of carbonyl (C=O) groups excluding carboxylic acids is 3. The Morgan fingerprint density at radius 2 is 2.09 bits per heavy atom. The number of hydrogen-bond donors (Lipinski definition) is 2. The zero-order chi connectivity index (χ0) is 24.0. The van der Waals surface area contributed by atoms with E-state index in [0.29, 0.717) is 41.5 Å². The first kappa shape index (κ1) is 25.5. The van der Waals surface area contributed by atoms with E-state index in [2.05, 4.69) is 27.9 Å². The highest BCUT2D eigenvalue weighted by atomic mass is 32.2. The molecule has 2 aliphatic heterocycles. The van der Waals surface area contributed by atoms with Gasteiger partial charge >= 0.3 is 5.97 Å². The number of carbonyl (C=O) groups is 3. The first-order chi connectivity index (χ1) is 15.7. The lowest BCUT2D eigenvalue weighted by Crippen LogP contribution is -2.53. The lowest BCUT2D eigenvalue weighted by molar-refractivity contribution is -0.153. The number of rotatable bonds is 4. The second-order valence-corrected chi connectivity index (χ2v) is 10.3. The summed E-state index contributed by atoms with van der Waals surface area (Å²) in [4.78, 5) is 48.2. The summed E-state index contributed by atoms with van der Waals surface area (Å²) in [6.07, 6.45) is 4.45. The minimum Gasteiger partial charge on any atom is -0.456 e. The lowest BCUT2D eigenvalue weighted by atomic mass is 10.00. The van der Waals surface area contributed by atoms with Crippen molar-refractivity contribution < 1.29 is 19.1 Å². The van der Waals surface area contributed by atoms with Gasteiger partial charge in [-0.2, -0.15) is 12.6 Å². The molecule has 0 fully saturated rings. The van der Waals surface area contributed by atoms with E-state index in [0.717, 1.165) is 5.69 Å². The van der Waals surface area contributed by atoms with Gasteiger partial charge in [-0.25, -0.2) is 4.79 Å². The fourth-order valence-corrected chi connectivity index (χ4v) is 4.86. The number of esters is 1. The number of thioether (sulfide) groups is 1. The number of aliphatic imine (C=N–C) groups is 1. The SMILES string of the molecule is CC(C)C1NC(=O)[C@]2(C)CSC(=N2)c2cccc(n2)CCC(=O)CC(/C=C/CCS)OC1=O. The smallest absolute Gasteiger partial charge is 0.329 e. The van der Waals surface area contributed by atoms with Gasteiger partial charge in [0.25, 0.3) is 0 Å². The Morgan fingerprint density at radius 1 is 1.30 bits per heavy atom. The zero-order valence-corrected chi connectivity index (χ0v) is 21.0. The van der Waals surface area contributed by atoms with Crippen LogP contribution < -0.4 is 5.32 Å². The number of fused-ring (bicyclic) bond motifs is 4. The van der Waals surface area contributed by atoms with Gasteiger partial charge in [0, 0.05) is 24.3 Å². The van der Waals surface area contributed by atoms with Crippen molar-refractivity contribution in [1.29, 1.82) is 0 Å². The fourth-order valence-electron chi connectivity index (χ4n) is 3.57. The molecule has 9 heteroatoms. The average Bonchev–Trinajstić information content (AvgIpc) is 3.19. The normalized spacial score (nSPS) is 26.9. The van der Waals surface area contributed by atoms with Crippen LogP contribution >= 0.6 is 24.4 Å². The molecule has 4 bridgehead atoms. The van der Waals surface area contributed by atoms with Crippen molar-refractivity contribution in [3.8, 4) is 0 Å². The molecule has 0 saturated carbocycles. The molecule has 0 saturated heterocycles. The molecule has 1 aromatic rings. The molecule has 0 aliphatic carbocycles. The summed E-state index contributed by atoms with van der Waals surface area (Å²) >= 11 is 5.66. The van der Waals surface area contributed by atoms with Crippen molar-refractivity contribution in [2.24, 2.45) is 10.9 Å². The Labute approximate surface area is 204 Å². The van der Waals surface area contributed by atoms with Gasteiger partial charge in [-0.15, -0.1) is 11.8 Å². The van der Waals surface area contributed by atoms with Crippen LogP contribution in [0.3, 0.4) is 0 Å². The van der Waals surface area contributed by atoms with Crippen LogP contribution in [0.5, 0.6) is 0 Å². The number of nitrogens with zero attached hydrogens (tertiary/aromatic N) is 2. The van der Waals surface area contributed by atoms with Crippen LogP contribution in [0.4, 0.5) is 0 Å². The molecule has 1 aromatic heterocycles. The highest BCUT2D eigenvalue weighted by molar-refractivity contribution is 8.14. The summed E-state index contributed by atoms with van der Waals surface area (Å²) in [6, 6.07) is 4.79. The number of ether oxygens (including phenoxy) is 1. The predicted molar refractivity (Wildman–Crippen MR) is 134 cm³/mol. The second kappa shape index (κ2) is 11.3. The maximum Gasteiger partial charge on any atom is 0.329 e. The molecule has 2 aliphatic rings. The number of aromatic nitrogens is 1. The number of thiol groups is 1. The van der Waals surface area contributed by atoms with E-state index in [1.54, 1.807) is 13.0 Å². The topological polar surface area (TPSA) is 97.7 Å². The van der Waals surface area contributed by atoms with Crippen molar-refractivity contribution in [2.75, 3.05) is 11.5 Å². The summed E-state index contributed by atoms with van der Waals surface area (Å²) < 4.78 is 5.70. The predicted octanol–water partition coefficient (Wildman–Crippen LogP) is 3.17. The largest absolute Gasteiger partial charge is 0.456 e. The number of nitrogens with one attached hydrogen (secondary N) is 1. The van der Waals surface area contributed by atoms with Gasteiger partial charge in [-0.05, 0) is 49.6 Å². The number of Topliss-reactive ketones (excluding diaryl/α,β-unsaturated/α-hetero) is 1. The Bertz CT molecular complexity index is 963. The third kappa shape index (κ3) is 6.69. The third-order valence-electron chi connectivity index (χ3n) is 5.56. The quantitative estimate of drug-likeness (QED) is 0.383. The summed E-state index contributed by atoms with van der Waals surface area (Å²) in [5.41, 5.74) is 0.471. The van der Waals surface area contributed by atoms with Crippen LogP contribution in [0.1, 0.15) is 51.4 Å². The number of allylic oxidation sites excluding steroid dienone is 1. The molecular formula is C24H31N3O4S2. The van der Waals surface area contributed by atoms with Crippen molar-refractivity contribution >= 4 is 47.1 Å². The van der Waals surface area contributed by atoms with E-state index < -0.39 is 23.7 Å². The van der Waals surface area contributed by atoms with Crippen LogP contribution in [0.25, 0.3) is 0 Å². The molecule has 1 N–H and O–H groups in total. The lowest BCUT2D eigenvalue weighted by Gasteiger charge is -2.27. The number of pyridine rings is 1.